The van der Waals surface area contributed by atoms with Crippen LogP contribution >= 0.6 is 39.5 Å². The topological polar surface area (TPSA) is 63.2 Å². The van der Waals surface area contributed by atoms with Crippen molar-refractivity contribution in [3.63, 3.8) is 0 Å². The van der Waals surface area contributed by atoms with Gasteiger partial charge < -0.3 is 10.1 Å². The van der Waals surface area contributed by atoms with Gasteiger partial charge in [0.15, 0.2) is 21.8 Å². The molecule has 0 aliphatic carbocycles. The van der Waals surface area contributed by atoms with Crippen LogP contribution in [0.1, 0.15) is 10.4 Å². The molecule has 0 saturated carbocycles. The van der Waals surface area contributed by atoms with Gasteiger partial charge in [0, 0.05) is 21.0 Å². The summed E-state index contributed by atoms with van der Waals surface area (Å²) in [6.07, 6.45) is 0. The number of carbonyl (C=O) groups excluding carboxylic acids is 1. The molecule has 138 valence electrons. The Labute approximate surface area is 172 Å². The van der Waals surface area contributed by atoms with E-state index in [1.54, 1.807) is 35.7 Å². The minimum Gasteiger partial charge on any atom is -0.494 e. The first-order valence-electron chi connectivity index (χ1n) is 7.63. The van der Waals surface area contributed by atoms with Crippen LogP contribution in [0.5, 0.6) is 5.75 Å². The Morgan fingerprint density at radius 3 is 2.81 bits per heavy atom. The minimum absolute atomic E-state index is 0.127. The molecule has 2 N–H and O–H groups in total. The lowest BCUT2D eigenvalue weighted by Gasteiger charge is -2.07. The Balaban J connectivity index is 1.66. The highest BCUT2D eigenvalue weighted by Gasteiger charge is 2.12. The van der Waals surface area contributed by atoms with Crippen molar-refractivity contribution in [1.82, 2.24) is 10.3 Å². The number of nitrogens with one attached hydrogen (secondary N) is 2. The van der Waals surface area contributed by atoms with Crippen molar-refractivity contribution in [3.05, 3.63) is 63.7 Å². The normalized spacial score (nSPS) is 10.3. The smallest absolute Gasteiger partial charge is 0.257 e. The molecule has 0 unspecified atom stereocenters. The molecule has 2 aromatic carbocycles. The molecule has 0 saturated heterocycles. The van der Waals surface area contributed by atoms with Crippen LogP contribution in [0.2, 0.25) is 0 Å². The molecule has 0 aliphatic heterocycles. The van der Waals surface area contributed by atoms with E-state index >= 15 is 0 Å². The summed E-state index contributed by atoms with van der Waals surface area (Å²) < 4.78 is 19.6. The van der Waals surface area contributed by atoms with Gasteiger partial charge in [-0.3, -0.25) is 10.1 Å². The molecule has 0 radical (unpaired) electrons. The number of aromatic nitrogens is 1. The van der Waals surface area contributed by atoms with Gasteiger partial charge in [0.1, 0.15) is 0 Å². The van der Waals surface area contributed by atoms with E-state index in [0.717, 1.165) is 4.47 Å². The first-order chi connectivity index (χ1) is 13.0. The lowest BCUT2D eigenvalue weighted by Crippen LogP contribution is -2.34. The Morgan fingerprint density at radius 1 is 1.30 bits per heavy atom. The zero-order valence-corrected chi connectivity index (χ0v) is 17.2. The van der Waals surface area contributed by atoms with Gasteiger partial charge in [0.25, 0.3) is 5.91 Å². The molecule has 1 amide bonds. The predicted octanol–water partition coefficient (Wildman–Crippen LogP) is 4.85. The van der Waals surface area contributed by atoms with Crippen molar-refractivity contribution >= 4 is 55.6 Å². The second-order valence-electron chi connectivity index (χ2n) is 5.31. The highest BCUT2D eigenvalue weighted by atomic mass is 79.9. The molecular formula is C18H13BrFN3O2S2. The molecule has 27 heavy (non-hydrogen) atoms. The summed E-state index contributed by atoms with van der Waals surface area (Å²) in [5.74, 6) is -0.624. The van der Waals surface area contributed by atoms with E-state index in [1.165, 1.54) is 24.5 Å². The van der Waals surface area contributed by atoms with E-state index in [1.807, 2.05) is 6.07 Å². The number of benzene rings is 2. The van der Waals surface area contributed by atoms with E-state index in [2.05, 4.69) is 31.5 Å². The number of halogens is 2. The van der Waals surface area contributed by atoms with E-state index in [4.69, 9.17) is 17.0 Å². The van der Waals surface area contributed by atoms with Crippen molar-refractivity contribution in [3.8, 4) is 17.0 Å². The third kappa shape index (κ3) is 4.88. The molecule has 0 fully saturated rings. The van der Waals surface area contributed by atoms with Gasteiger partial charge in [-0.05, 0) is 48.6 Å². The van der Waals surface area contributed by atoms with Gasteiger partial charge in [-0.1, -0.05) is 22.0 Å². The third-order valence-electron chi connectivity index (χ3n) is 3.49. The summed E-state index contributed by atoms with van der Waals surface area (Å²) >= 11 is 9.77. The van der Waals surface area contributed by atoms with E-state index in [0.29, 0.717) is 22.0 Å². The second-order valence-corrected chi connectivity index (χ2v) is 7.49. The molecule has 3 rings (SSSR count). The van der Waals surface area contributed by atoms with Crippen molar-refractivity contribution in [1.29, 1.82) is 0 Å². The maximum Gasteiger partial charge on any atom is 0.257 e. The number of methoxy groups -OCH3 is 1. The van der Waals surface area contributed by atoms with E-state index in [9.17, 15) is 9.18 Å². The number of hydrogen-bond donors (Lipinski definition) is 2. The zero-order valence-electron chi connectivity index (χ0n) is 14.0. The van der Waals surface area contributed by atoms with Crippen LogP contribution in [0.4, 0.5) is 9.52 Å². The van der Waals surface area contributed by atoms with Gasteiger partial charge in [-0.25, -0.2) is 9.37 Å². The quantitative estimate of drug-likeness (QED) is 0.539. The Bertz CT molecular complexity index is 1010. The lowest BCUT2D eigenvalue weighted by atomic mass is 10.1. The molecule has 0 spiro atoms. The van der Waals surface area contributed by atoms with Gasteiger partial charge in [0.05, 0.1) is 12.8 Å². The van der Waals surface area contributed by atoms with E-state index in [-0.39, 0.29) is 16.8 Å². The van der Waals surface area contributed by atoms with Crippen LogP contribution in [0.15, 0.2) is 52.3 Å². The van der Waals surface area contributed by atoms with Crippen LogP contribution in [-0.2, 0) is 0 Å². The van der Waals surface area contributed by atoms with E-state index < -0.39 is 5.82 Å². The van der Waals surface area contributed by atoms with Crippen molar-refractivity contribution in [2.45, 2.75) is 0 Å². The number of ether oxygens (including phenoxy) is 1. The number of amides is 1. The average Bonchev–Trinajstić information content (AvgIpc) is 3.09. The SMILES string of the molecule is COc1ccc(-c2csc(NC(=S)NC(=O)c3cccc(Br)c3)n2)cc1F. The summed E-state index contributed by atoms with van der Waals surface area (Å²) in [7, 11) is 1.41. The Hall–Kier alpha value is -2.36. The largest absolute Gasteiger partial charge is 0.494 e. The molecule has 3 aromatic rings. The molecule has 0 aliphatic rings. The fraction of sp³-hybridized carbons (Fsp3) is 0.0556. The van der Waals surface area contributed by atoms with Crippen LogP contribution < -0.4 is 15.4 Å². The third-order valence-corrected chi connectivity index (χ3v) is 4.94. The summed E-state index contributed by atoms with van der Waals surface area (Å²) in [5, 5.41) is 7.84. The Kier molecular flexibility index (Phi) is 6.15. The first-order valence-corrected chi connectivity index (χ1v) is 9.71. The number of rotatable bonds is 4. The highest BCUT2D eigenvalue weighted by molar-refractivity contribution is 9.10. The second kappa shape index (κ2) is 8.55. The average molecular weight is 466 g/mol. The Morgan fingerprint density at radius 2 is 2.11 bits per heavy atom. The van der Waals surface area contributed by atoms with Crippen LogP contribution in [0.25, 0.3) is 11.3 Å². The number of anilines is 1. The van der Waals surface area contributed by atoms with Crippen LogP contribution in [0.3, 0.4) is 0 Å². The molecule has 0 bridgehead atoms. The summed E-state index contributed by atoms with van der Waals surface area (Å²) in [6, 6.07) is 11.6. The monoisotopic (exact) mass is 465 g/mol. The van der Waals surface area contributed by atoms with Gasteiger partial charge in [-0.2, -0.15) is 0 Å². The van der Waals surface area contributed by atoms with Gasteiger partial charge in [-0.15, -0.1) is 11.3 Å². The lowest BCUT2D eigenvalue weighted by molar-refractivity contribution is 0.0977. The number of thiocarbonyl (C=S) groups is 1. The van der Waals surface area contributed by atoms with Crippen LogP contribution in [-0.4, -0.2) is 23.1 Å². The summed E-state index contributed by atoms with van der Waals surface area (Å²) in [5.41, 5.74) is 1.67. The molecule has 5 nitrogen and oxygen atoms in total. The maximum absolute atomic E-state index is 13.8. The molecule has 9 heteroatoms. The molecule has 1 aromatic heterocycles. The maximum atomic E-state index is 13.8. The molecule has 1 heterocycles. The first kappa shape index (κ1) is 19.4. The minimum atomic E-state index is -0.464. The van der Waals surface area contributed by atoms with Gasteiger partial charge in [0.2, 0.25) is 0 Å². The fourth-order valence-electron chi connectivity index (χ4n) is 2.22. The standard InChI is InChI=1S/C18H13BrFN3O2S2/c1-25-15-6-5-10(8-13(15)20)14-9-27-18(21-14)23-17(26)22-16(24)11-3-2-4-12(19)7-11/h2-9H,1H3,(H2,21,22,23,24,26). The molecule has 0 atom stereocenters. The number of thiazole rings is 1. The fourth-order valence-corrected chi connectivity index (χ4v) is 3.60. The van der Waals surface area contributed by atoms with Crippen molar-refractivity contribution in [2.75, 3.05) is 12.4 Å². The summed E-state index contributed by atoms with van der Waals surface area (Å²) in [6.45, 7) is 0. The zero-order chi connectivity index (χ0) is 19.4. The van der Waals surface area contributed by atoms with Crippen LogP contribution in [0, 0.1) is 5.82 Å². The number of nitrogens with zero attached hydrogens (tertiary/aromatic N) is 1. The number of hydrogen-bond acceptors (Lipinski definition) is 5. The summed E-state index contributed by atoms with van der Waals surface area (Å²) in [4.78, 5) is 16.6. The van der Waals surface area contributed by atoms with Crippen molar-refractivity contribution in [2.24, 2.45) is 0 Å². The highest BCUT2D eigenvalue weighted by Crippen LogP contribution is 2.28. The molecular weight excluding hydrogens is 453 g/mol. The van der Waals surface area contributed by atoms with Gasteiger partial charge >= 0.3 is 0 Å². The predicted molar refractivity (Wildman–Crippen MR) is 112 cm³/mol. The number of carbonyl (C=O) groups is 1. The van der Waals surface area contributed by atoms with Crippen molar-refractivity contribution < 1.29 is 13.9 Å².